The third-order valence-electron chi connectivity index (χ3n) is 10.2. The predicted octanol–water partition coefficient (Wildman–Crippen LogP) is 3.68. The normalized spacial score (nSPS) is 46.0. The number of Topliss-reactive ketones (excluding diaryl/α,β-unsaturated/α-hetero) is 1. The van der Waals surface area contributed by atoms with Crippen LogP contribution < -0.4 is 5.32 Å². The molecule has 6 heteroatoms. The van der Waals surface area contributed by atoms with Gasteiger partial charge in [0.2, 0.25) is 11.7 Å². The molecule has 0 aromatic rings. The lowest BCUT2D eigenvalue weighted by atomic mass is 9.40. The first-order valence-corrected chi connectivity index (χ1v) is 12.1. The number of aliphatic hydroxyl groups excluding tert-OH is 1. The van der Waals surface area contributed by atoms with Crippen molar-refractivity contribution in [2.45, 2.75) is 60.0 Å². The largest absolute Gasteiger partial charge is 0.504 e. The molecule has 0 aromatic carbocycles. The molecule has 0 spiro atoms. The van der Waals surface area contributed by atoms with Crippen molar-refractivity contribution in [1.82, 2.24) is 5.32 Å². The zero-order valence-corrected chi connectivity index (χ0v) is 20.5. The van der Waals surface area contributed by atoms with Gasteiger partial charge in [-0.3, -0.25) is 14.4 Å². The van der Waals surface area contributed by atoms with Gasteiger partial charge >= 0.3 is 0 Å². The number of ether oxygens (including phenoxy) is 1. The third-order valence-corrected chi connectivity index (χ3v) is 10.2. The Labute approximate surface area is 195 Å². The number of fused-ring (bicyclic) bond motifs is 5. The van der Waals surface area contributed by atoms with Crippen LogP contribution in [0.25, 0.3) is 0 Å². The molecule has 4 aliphatic carbocycles. The summed E-state index contributed by atoms with van der Waals surface area (Å²) in [6.45, 7) is 10.4. The Balaban J connectivity index is 1.70. The number of aliphatic hydroxyl groups is 1. The summed E-state index contributed by atoms with van der Waals surface area (Å²) >= 11 is 0. The number of carbonyl (C=O) groups excluding carboxylic acids is 3. The van der Waals surface area contributed by atoms with Gasteiger partial charge in [-0.2, -0.15) is 0 Å². The van der Waals surface area contributed by atoms with Gasteiger partial charge in [-0.15, -0.1) is 0 Å². The van der Waals surface area contributed by atoms with E-state index in [0.29, 0.717) is 18.5 Å². The number of ketones is 2. The van der Waals surface area contributed by atoms with Gasteiger partial charge in [-0.05, 0) is 62.0 Å². The van der Waals surface area contributed by atoms with E-state index in [0.717, 1.165) is 18.4 Å². The first-order chi connectivity index (χ1) is 15.3. The Kier molecular flexibility index (Phi) is 4.57. The number of nitrogens with one attached hydrogen (secondary N) is 1. The molecule has 178 valence electrons. The van der Waals surface area contributed by atoms with Crippen molar-refractivity contribution in [3.05, 3.63) is 35.1 Å². The smallest absolute Gasteiger partial charge is 0.247 e. The van der Waals surface area contributed by atoms with E-state index in [1.54, 1.807) is 27.0 Å². The lowest BCUT2D eigenvalue weighted by Gasteiger charge is -2.62. The maximum atomic E-state index is 14.1. The third kappa shape index (κ3) is 2.51. The summed E-state index contributed by atoms with van der Waals surface area (Å²) in [6, 6.07) is 0. The average molecular weight is 454 g/mol. The molecule has 5 aliphatic rings. The van der Waals surface area contributed by atoms with E-state index in [1.807, 2.05) is 19.1 Å². The summed E-state index contributed by atoms with van der Waals surface area (Å²) < 4.78 is 6.01. The van der Waals surface area contributed by atoms with Gasteiger partial charge in [-0.25, -0.2) is 0 Å². The zero-order valence-electron chi connectivity index (χ0n) is 20.5. The first kappa shape index (κ1) is 22.6. The fourth-order valence-corrected chi connectivity index (χ4v) is 8.88. The molecule has 6 nitrogen and oxygen atoms in total. The van der Waals surface area contributed by atoms with Crippen molar-refractivity contribution in [2.24, 2.45) is 39.4 Å². The average Bonchev–Trinajstić information content (AvgIpc) is 3.29. The topological polar surface area (TPSA) is 92.7 Å². The molecule has 2 N–H and O–H groups in total. The second kappa shape index (κ2) is 6.68. The molecule has 0 bridgehead atoms. The van der Waals surface area contributed by atoms with Crippen LogP contribution >= 0.6 is 0 Å². The van der Waals surface area contributed by atoms with Gasteiger partial charge in [0, 0.05) is 36.0 Å². The molecule has 1 amide bonds. The number of carbonyl (C=O) groups is 3. The summed E-state index contributed by atoms with van der Waals surface area (Å²) in [6.07, 6.45) is 7.65. The summed E-state index contributed by atoms with van der Waals surface area (Å²) in [5.74, 6) is -0.872. The van der Waals surface area contributed by atoms with Gasteiger partial charge in [0.25, 0.3) is 0 Å². The summed E-state index contributed by atoms with van der Waals surface area (Å²) in [7, 11) is 1.68. The monoisotopic (exact) mass is 453 g/mol. The highest BCUT2D eigenvalue weighted by molar-refractivity contribution is 6.06. The van der Waals surface area contributed by atoms with Crippen molar-refractivity contribution < 1.29 is 24.2 Å². The molecule has 33 heavy (non-hydrogen) atoms. The van der Waals surface area contributed by atoms with Gasteiger partial charge in [-0.1, -0.05) is 32.9 Å². The van der Waals surface area contributed by atoms with E-state index < -0.39 is 16.2 Å². The summed E-state index contributed by atoms with van der Waals surface area (Å²) in [5, 5.41) is 14.3. The fraction of sp³-hybridized carbons (Fsp3) is 0.667. The quantitative estimate of drug-likeness (QED) is 0.665. The minimum Gasteiger partial charge on any atom is -0.504 e. The van der Waals surface area contributed by atoms with Crippen molar-refractivity contribution in [3.63, 3.8) is 0 Å². The number of methoxy groups -OCH3 is 1. The maximum absolute atomic E-state index is 14.1. The van der Waals surface area contributed by atoms with Crippen molar-refractivity contribution in [1.29, 1.82) is 0 Å². The van der Waals surface area contributed by atoms with Crippen LogP contribution in [0, 0.1) is 39.4 Å². The van der Waals surface area contributed by atoms with Gasteiger partial charge in [0.15, 0.2) is 11.5 Å². The molecule has 0 radical (unpaired) electrons. The summed E-state index contributed by atoms with van der Waals surface area (Å²) in [5.41, 5.74) is -1.36. The molecule has 0 aromatic heterocycles. The molecule has 1 unspecified atom stereocenters. The van der Waals surface area contributed by atoms with E-state index in [1.165, 1.54) is 0 Å². The Morgan fingerprint density at radius 3 is 2.42 bits per heavy atom. The highest BCUT2D eigenvalue weighted by Crippen LogP contribution is 2.72. The molecular formula is C27H35NO5. The van der Waals surface area contributed by atoms with E-state index in [2.05, 4.69) is 19.2 Å². The molecule has 1 aliphatic heterocycles. The Morgan fingerprint density at radius 1 is 1.12 bits per heavy atom. The highest BCUT2D eigenvalue weighted by atomic mass is 16.5. The standard InChI is InChI=1S/C27H35NO5/c1-24(2)18(29)8-11-26(4)17-7-10-25(3)15(14-9-12-28-23(14)32)13-16(33-6)20(25)27(17,5)22(31)19(30)21(24)26/h8-9,11,15-17,20,30H,7,10,12-13H2,1-6H3,(H,28,32)/t15-,16+,17+,20?,25-,26+,27+/m0/s1. The molecule has 1 heterocycles. The molecule has 5 rings (SSSR count). The number of hydrogen-bond donors (Lipinski definition) is 2. The zero-order chi connectivity index (χ0) is 24.1. The molecular weight excluding hydrogens is 418 g/mol. The van der Waals surface area contributed by atoms with Crippen LogP contribution in [0.5, 0.6) is 0 Å². The number of amides is 1. The van der Waals surface area contributed by atoms with Crippen LogP contribution in [0.1, 0.15) is 53.9 Å². The first-order valence-electron chi connectivity index (χ1n) is 12.1. The maximum Gasteiger partial charge on any atom is 0.247 e. The van der Waals surface area contributed by atoms with Crippen molar-refractivity contribution in [3.8, 4) is 0 Å². The molecule has 7 atom stereocenters. The minimum atomic E-state index is -0.934. The van der Waals surface area contributed by atoms with Crippen LogP contribution in [0.2, 0.25) is 0 Å². The highest BCUT2D eigenvalue weighted by Gasteiger charge is 2.72. The van der Waals surface area contributed by atoms with Crippen LogP contribution in [-0.2, 0) is 19.1 Å². The van der Waals surface area contributed by atoms with Crippen LogP contribution in [0.15, 0.2) is 35.1 Å². The van der Waals surface area contributed by atoms with E-state index in [9.17, 15) is 19.5 Å². The molecule has 2 fully saturated rings. The second-order valence-electron chi connectivity index (χ2n) is 11.9. The van der Waals surface area contributed by atoms with E-state index in [4.69, 9.17) is 4.74 Å². The van der Waals surface area contributed by atoms with Crippen LogP contribution in [0.4, 0.5) is 0 Å². The van der Waals surface area contributed by atoms with Gasteiger partial charge < -0.3 is 15.2 Å². The van der Waals surface area contributed by atoms with Crippen molar-refractivity contribution >= 4 is 17.5 Å². The number of allylic oxidation sites excluding steroid dienone is 4. The second-order valence-corrected chi connectivity index (χ2v) is 11.9. The molecule has 2 saturated carbocycles. The minimum absolute atomic E-state index is 0.000710. The number of rotatable bonds is 2. The Hall–Kier alpha value is -2.21. The Morgan fingerprint density at radius 2 is 1.82 bits per heavy atom. The van der Waals surface area contributed by atoms with E-state index >= 15 is 0 Å². The summed E-state index contributed by atoms with van der Waals surface area (Å²) in [4.78, 5) is 39.5. The van der Waals surface area contributed by atoms with Crippen LogP contribution in [0.3, 0.4) is 0 Å². The predicted molar refractivity (Wildman–Crippen MR) is 123 cm³/mol. The Bertz CT molecular complexity index is 1070. The fourth-order valence-electron chi connectivity index (χ4n) is 8.88. The van der Waals surface area contributed by atoms with Gasteiger partial charge in [0.05, 0.1) is 11.5 Å². The lowest BCUT2D eigenvalue weighted by molar-refractivity contribution is -0.164. The van der Waals surface area contributed by atoms with E-state index in [-0.39, 0.29) is 52.5 Å². The number of hydrogen-bond acceptors (Lipinski definition) is 5. The lowest BCUT2D eigenvalue weighted by Crippen LogP contribution is -2.63. The van der Waals surface area contributed by atoms with Gasteiger partial charge in [0.1, 0.15) is 0 Å². The SMILES string of the molecule is CO[C@@H]1C[C@@H](C2=CCNC2=O)[C@]2(C)CC[C@@H]3[C@@]4(C)C=CC(=O)C(C)(C)C4=C(O)C(=O)[C@@]3(C)C12. The van der Waals surface area contributed by atoms with Crippen molar-refractivity contribution in [2.75, 3.05) is 13.7 Å². The van der Waals surface area contributed by atoms with Crippen LogP contribution in [-0.4, -0.2) is 42.3 Å². The molecule has 0 saturated heterocycles.